The van der Waals surface area contributed by atoms with Gasteiger partial charge in [0.25, 0.3) is 0 Å². The number of ether oxygens (including phenoxy) is 2. The highest BCUT2D eigenvalue weighted by molar-refractivity contribution is 6.30. The molecule has 0 aliphatic rings. The van der Waals surface area contributed by atoms with E-state index in [2.05, 4.69) is 5.32 Å². The van der Waals surface area contributed by atoms with Crippen LogP contribution in [0.25, 0.3) is 27.7 Å². The zero-order valence-electron chi connectivity index (χ0n) is 18.2. The lowest BCUT2D eigenvalue weighted by Crippen LogP contribution is -2.10. The Morgan fingerprint density at radius 3 is 2.64 bits per heavy atom. The summed E-state index contributed by atoms with van der Waals surface area (Å²) in [6, 6.07) is 15.4. The van der Waals surface area contributed by atoms with Crippen molar-refractivity contribution in [3.05, 3.63) is 83.3 Å². The van der Waals surface area contributed by atoms with Gasteiger partial charge in [-0.2, -0.15) is 0 Å². The van der Waals surface area contributed by atoms with Crippen molar-refractivity contribution in [2.45, 2.75) is 6.92 Å². The summed E-state index contributed by atoms with van der Waals surface area (Å²) in [5.41, 5.74) is 3.86. The van der Waals surface area contributed by atoms with Crippen LogP contribution in [0.5, 0.6) is 11.5 Å². The molecular formula is C26H21ClFNO4. The van der Waals surface area contributed by atoms with Gasteiger partial charge in [-0.3, -0.25) is 4.79 Å². The van der Waals surface area contributed by atoms with Crippen molar-refractivity contribution in [1.82, 2.24) is 0 Å². The lowest BCUT2D eigenvalue weighted by molar-refractivity contribution is -0.111. The van der Waals surface area contributed by atoms with Crippen molar-refractivity contribution in [2.24, 2.45) is 0 Å². The highest BCUT2D eigenvalue weighted by atomic mass is 35.5. The number of allylic oxidation sites excluding steroid dienone is 1. The van der Waals surface area contributed by atoms with Crippen LogP contribution < -0.4 is 14.8 Å². The lowest BCUT2D eigenvalue weighted by Gasteiger charge is -2.11. The van der Waals surface area contributed by atoms with Crippen molar-refractivity contribution in [3.63, 3.8) is 0 Å². The van der Waals surface area contributed by atoms with Gasteiger partial charge >= 0.3 is 0 Å². The van der Waals surface area contributed by atoms with E-state index in [1.54, 1.807) is 33.5 Å². The molecule has 1 heterocycles. The number of anilines is 1. The van der Waals surface area contributed by atoms with E-state index >= 15 is 0 Å². The number of halogens is 2. The number of fused-ring (bicyclic) bond motifs is 1. The molecule has 1 amide bonds. The zero-order chi connectivity index (χ0) is 23.5. The van der Waals surface area contributed by atoms with E-state index in [4.69, 9.17) is 25.5 Å². The minimum Gasteiger partial charge on any atom is -0.497 e. The first-order chi connectivity index (χ1) is 15.9. The second-order valence-electron chi connectivity index (χ2n) is 7.37. The van der Waals surface area contributed by atoms with Crippen LogP contribution in [0.2, 0.25) is 5.02 Å². The Morgan fingerprint density at radius 1 is 1.09 bits per heavy atom. The molecule has 0 atom stereocenters. The molecule has 168 valence electrons. The minimum atomic E-state index is -0.609. The van der Waals surface area contributed by atoms with Crippen LogP contribution in [0.3, 0.4) is 0 Å². The number of amides is 1. The van der Waals surface area contributed by atoms with Crippen LogP contribution in [-0.4, -0.2) is 20.1 Å². The van der Waals surface area contributed by atoms with E-state index in [1.807, 2.05) is 30.3 Å². The molecule has 4 aromatic rings. The average molecular weight is 466 g/mol. The Balaban J connectivity index is 1.71. The Hall–Kier alpha value is -3.77. The summed E-state index contributed by atoms with van der Waals surface area (Å²) in [5, 5.41) is 3.64. The first-order valence-electron chi connectivity index (χ1n) is 10.1. The maximum atomic E-state index is 14.0. The monoisotopic (exact) mass is 465 g/mol. The molecule has 1 N–H and O–H groups in total. The molecule has 0 aliphatic carbocycles. The molecule has 0 radical (unpaired) electrons. The number of carbonyl (C=O) groups excluding carboxylic acids is 1. The van der Waals surface area contributed by atoms with Gasteiger partial charge in [0.1, 0.15) is 22.9 Å². The van der Waals surface area contributed by atoms with Crippen LogP contribution in [0.15, 0.2) is 71.4 Å². The molecule has 0 saturated heterocycles. The highest BCUT2D eigenvalue weighted by Crippen LogP contribution is 2.38. The van der Waals surface area contributed by atoms with Crippen molar-refractivity contribution < 1.29 is 23.1 Å². The maximum absolute atomic E-state index is 14.0. The largest absolute Gasteiger partial charge is 0.497 e. The van der Waals surface area contributed by atoms with Gasteiger partial charge in [-0.1, -0.05) is 23.7 Å². The van der Waals surface area contributed by atoms with E-state index < -0.39 is 11.7 Å². The summed E-state index contributed by atoms with van der Waals surface area (Å²) >= 11 is 5.77. The van der Waals surface area contributed by atoms with E-state index in [0.29, 0.717) is 22.5 Å². The van der Waals surface area contributed by atoms with Gasteiger partial charge in [0.15, 0.2) is 0 Å². The first-order valence-corrected chi connectivity index (χ1v) is 10.5. The molecule has 0 bridgehead atoms. The van der Waals surface area contributed by atoms with Crippen molar-refractivity contribution >= 4 is 39.7 Å². The Kier molecular flexibility index (Phi) is 6.38. The Morgan fingerprint density at radius 2 is 1.91 bits per heavy atom. The second kappa shape index (κ2) is 9.38. The molecule has 3 aromatic carbocycles. The van der Waals surface area contributed by atoms with Crippen LogP contribution in [-0.2, 0) is 4.79 Å². The summed E-state index contributed by atoms with van der Waals surface area (Å²) in [5.74, 6) is 0.198. The number of carbonyl (C=O) groups is 1. The quantitative estimate of drug-likeness (QED) is 0.313. The molecule has 7 heteroatoms. The number of hydrogen-bond donors (Lipinski definition) is 1. The predicted octanol–water partition coefficient (Wildman–Crippen LogP) is 6.95. The summed E-state index contributed by atoms with van der Waals surface area (Å²) in [6.45, 7) is 1.78. The summed E-state index contributed by atoms with van der Waals surface area (Å²) in [7, 11) is 3.16. The summed E-state index contributed by atoms with van der Waals surface area (Å²) < 4.78 is 30.7. The fraction of sp³-hybridized carbons (Fsp3) is 0.115. The number of methoxy groups -OCH3 is 2. The third-order valence-electron chi connectivity index (χ3n) is 5.24. The van der Waals surface area contributed by atoms with Gasteiger partial charge in [0.05, 0.1) is 26.2 Å². The van der Waals surface area contributed by atoms with Crippen LogP contribution in [0.1, 0.15) is 12.5 Å². The molecule has 5 nitrogen and oxygen atoms in total. The van der Waals surface area contributed by atoms with Gasteiger partial charge in [-0.25, -0.2) is 4.39 Å². The van der Waals surface area contributed by atoms with E-state index in [9.17, 15) is 9.18 Å². The molecule has 0 spiro atoms. The van der Waals surface area contributed by atoms with E-state index in [1.165, 1.54) is 18.2 Å². The molecule has 1 aromatic heterocycles. The van der Waals surface area contributed by atoms with Gasteiger partial charge in [-0.05, 0) is 54.5 Å². The third kappa shape index (κ3) is 4.71. The smallest absolute Gasteiger partial charge is 0.248 e. The molecule has 0 fully saturated rings. The molecule has 0 unspecified atom stereocenters. The fourth-order valence-corrected chi connectivity index (χ4v) is 3.74. The topological polar surface area (TPSA) is 60.7 Å². The lowest BCUT2D eigenvalue weighted by atomic mass is 9.99. The second-order valence-corrected chi connectivity index (χ2v) is 7.81. The molecule has 33 heavy (non-hydrogen) atoms. The van der Waals surface area contributed by atoms with Crippen molar-refractivity contribution in [2.75, 3.05) is 19.5 Å². The molecule has 0 aliphatic heterocycles. The van der Waals surface area contributed by atoms with Crippen LogP contribution in [0.4, 0.5) is 10.1 Å². The van der Waals surface area contributed by atoms with Gasteiger partial charge in [0, 0.05) is 33.7 Å². The Bertz CT molecular complexity index is 1380. The van der Waals surface area contributed by atoms with Crippen LogP contribution >= 0.6 is 11.6 Å². The van der Waals surface area contributed by atoms with Gasteiger partial charge in [0.2, 0.25) is 5.91 Å². The Labute approximate surface area is 195 Å². The fourth-order valence-electron chi connectivity index (χ4n) is 3.58. The first kappa shape index (κ1) is 22.4. The summed E-state index contributed by atoms with van der Waals surface area (Å²) in [4.78, 5) is 12.5. The zero-order valence-corrected chi connectivity index (χ0v) is 19.0. The molecule has 0 saturated carbocycles. The number of benzene rings is 3. The van der Waals surface area contributed by atoms with E-state index in [-0.39, 0.29) is 10.7 Å². The molecule has 4 rings (SSSR count). The molecular weight excluding hydrogens is 445 g/mol. The van der Waals surface area contributed by atoms with Crippen molar-refractivity contribution in [3.8, 4) is 22.6 Å². The SMILES string of the molecule is COc1cccc(-c2coc3cc(OC)c(/C(C)=C/C(=O)Nc4ccc(Cl)cc4F)cc23)c1. The third-order valence-corrected chi connectivity index (χ3v) is 5.47. The number of furan rings is 1. The predicted molar refractivity (Wildman–Crippen MR) is 128 cm³/mol. The normalized spacial score (nSPS) is 11.5. The average Bonchev–Trinajstić information content (AvgIpc) is 3.23. The standard InChI is InChI=1S/C26H21ClFNO4/c1-15(9-26(30)29-23-8-7-17(27)11-22(23)28)19-12-20-21(14-33-25(20)13-24(19)32-3)16-5-4-6-18(10-16)31-2/h4-14H,1-3H3,(H,29,30)/b15-9+. The van der Waals surface area contributed by atoms with Gasteiger partial charge < -0.3 is 19.2 Å². The number of rotatable bonds is 6. The maximum Gasteiger partial charge on any atom is 0.248 e. The van der Waals surface area contributed by atoms with Crippen LogP contribution in [0, 0.1) is 5.82 Å². The summed E-state index contributed by atoms with van der Waals surface area (Å²) in [6.07, 6.45) is 3.07. The van der Waals surface area contributed by atoms with Crippen molar-refractivity contribution in [1.29, 1.82) is 0 Å². The minimum absolute atomic E-state index is 0.0472. The van der Waals surface area contributed by atoms with E-state index in [0.717, 1.165) is 28.3 Å². The number of hydrogen-bond acceptors (Lipinski definition) is 4. The number of nitrogens with one attached hydrogen (secondary N) is 1. The van der Waals surface area contributed by atoms with Gasteiger partial charge in [-0.15, -0.1) is 0 Å². The highest BCUT2D eigenvalue weighted by Gasteiger charge is 2.16.